The lowest BCUT2D eigenvalue weighted by molar-refractivity contribution is -0.137. The van der Waals surface area contributed by atoms with Gasteiger partial charge in [0.1, 0.15) is 11.9 Å². The number of benzene rings is 2. The van der Waals surface area contributed by atoms with E-state index in [4.69, 9.17) is 4.74 Å². The van der Waals surface area contributed by atoms with Gasteiger partial charge in [0.15, 0.2) is 0 Å². The summed E-state index contributed by atoms with van der Waals surface area (Å²) in [7, 11) is 1.53. The normalized spacial score (nSPS) is 20.0. The van der Waals surface area contributed by atoms with Crippen LogP contribution in [0, 0.1) is 5.92 Å². The van der Waals surface area contributed by atoms with Gasteiger partial charge < -0.3 is 35.6 Å². The molecular formula is C31H40F3N5O5. The highest BCUT2D eigenvalue weighted by Crippen LogP contribution is 2.32. The van der Waals surface area contributed by atoms with Crippen LogP contribution in [0.25, 0.3) is 0 Å². The molecule has 13 heteroatoms. The number of nitrogens with one attached hydrogen (secondary N) is 3. The van der Waals surface area contributed by atoms with Crippen LogP contribution in [0.2, 0.25) is 0 Å². The van der Waals surface area contributed by atoms with Crippen molar-refractivity contribution in [3.8, 4) is 5.75 Å². The number of fused-ring (bicyclic) bond motifs is 1. The van der Waals surface area contributed by atoms with Crippen molar-refractivity contribution in [2.75, 3.05) is 37.4 Å². The van der Waals surface area contributed by atoms with Gasteiger partial charge in [-0.2, -0.15) is 13.2 Å². The SMILES string of the molecule is C[C@H]1CN([C@@H](C)CO)C(=O)c2cc(NC(=O)NC3CCCCC3)ccc2O[C@H]1CN(C)C(=O)Nc1ccc(C(F)(F)F)cc1. The third-order valence-corrected chi connectivity index (χ3v) is 8.13. The Morgan fingerprint density at radius 1 is 1.07 bits per heavy atom. The Morgan fingerprint density at radius 2 is 1.73 bits per heavy atom. The molecule has 1 heterocycles. The van der Waals surface area contributed by atoms with Gasteiger partial charge in [0.05, 0.1) is 30.3 Å². The van der Waals surface area contributed by atoms with E-state index in [0.717, 1.165) is 44.2 Å². The number of carbonyl (C=O) groups is 3. The second-order valence-electron chi connectivity index (χ2n) is 11.7. The lowest BCUT2D eigenvalue weighted by atomic mass is 9.96. The van der Waals surface area contributed by atoms with Crippen LogP contribution in [0.3, 0.4) is 0 Å². The number of carbonyl (C=O) groups excluding carboxylic acids is 3. The Bertz CT molecular complexity index is 1320. The van der Waals surface area contributed by atoms with Gasteiger partial charge in [-0.3, -0.25) is 4.79 Å². The van der Waals surface area contributed by atoms with Gasteiger partial charge in [0.25, 0.3) is 5.91 Å². The highest BCUT2D eigenvalue weighted by Gasteiger charge is 2.34. The molecule has 1 saturated carbocycles. The van der Waals surface area contributed by atoms with Gasteiger partial charge in [0.2, 0.25) is 0 Å². The van der Waals surface area contributed by atoms with Crippen LogP contribution < -0.4 is 20.7 Å². The number of anilines is 2. The smallest absolute Gasteiger partial charge is 0.416 e. The van der Waals surface area contributed by atoms with Gasteiger partial charge in [-0.05, 0) is 62.2 Å². The summed E-state index contributed by atoms with van der Waals surface area (Å²) in [5.41, 5.74) is -0.00930. The lowest BCUT2D eigenvalue weighted by Crippen LogP contribution is -2.50. The fourth-order valence-electron chi connectivity index (χ4n) is 5.43. The second kappa shape index (κ2) is 14.2. The number of aliphatic hydroxyl groups excluding tert-OH is 1. The first-order valence-corrected chi connectivity index (χ1v) is 14.8. The summed E-state index contributed by atoms with van der Waals surface area (Å²) in [6.07, 6.45) is 0.0756. The molecule has 4 rings (SSSR count). The molecule has 2 aromatic carbocycles. The molecule has 2 aliphatic rings. The predicted molar refractivity (Wildman–Crippen MR) is 160 cm³/mol. The number of urea groups is 2. The van der Waals surface area contributed by atoms with Crippen molar-refractivity contribution in [2.45, 2.75) is 70.3 Å². The van der Waals surface area contributed by atoms with Crippen molar-refractivity contribution in [2.24, 2.45) is 5.92 Å². The van der Waals surface area contributed by atoms with Crippen LogP contribution in [-0.4, -0.2) is 77.8 Å². The van der Waals surface area contributed by atoms with E-state index in [2.05, 4.69) is 16.0 Å². The van der Waals surface area contributed by atoms with Gasteiger partial charge in [-0.15, -0.1) is 0 Å². The van der Waals surface area contributed by atoms with E-state index in [1.54, 1.807) is 30.0 Å². The van der Waals surface area contributed by atoms with Gasteiger partial charge in [-0.25, -0.2) is 9.59 Å². The summed E-state index contributed by atoms with van der Waals surface area (Å²) in [5.74, 6) is -0.380. The molecule has 3 atom stereocenters. The molecule has 0 radical (unpaired) electrons. The Hall–Kier alpha value is -4.00. The third kappa shape index (κ3) is 8.34. The average molecular weight is 620 g/mol. The van der Waals surface area contributed by atoms with Crippen molar-refractivity contribution in [3.63, 3.8) is 0 Å². The van der Waals surface area contributed by atoms with E-state index in [-0.39, 0.29) is 60.6 Å². The fourth-order valence-corrected chi connectivity index (χ4v) is 5.43. The largest absolute Gasteiger partial charge is 0.487 e. The standard InChI is InChI=1S/C31H40F3N5O5/c1-19-16-39(20(2)18-40)28(41)25-15-24(36-29(42)35-22-7-5-4-6-8-22)13-14-26(25)44-27(19)17-38(3)30(43)37-23-11-9-21(10-12-23)31(32,33)34/h9-15,19-20,22,27,40H,4-8,16-18H2,1-3H3,(H,37,43)(H2,35,36,42)/t19-,20-,27-/m0/s1. The van der Waals surface area contributed by atoms with Crippen LogP contribution in [0.4, 0.5) is 34.1 Å². The maximum absolute atomic E-state index is 13.7. The van der Waals surface area contributed by atoms with Crippen molar-refractivity contribution in [1.29, 1.82) is 0 Å². The molecule has 1 fully saturated rings. The average Bonchev–Trinajstić information content (AvgIpc) is 2.99. The summed E-state index contributed by atoms with van der Waals surface area (Å²) in [5, 5.41) is 18.3. The number of alkyl halides is 3. The molecule has 5 amide bonds. The first-order chi connectivity index (χ1) is 20.8. The molecule has 1 aliphatic heterocycles. The van der Waals surface area contributed by atoms with Gasteiger partial charge in [0, 0.05) is 36.9 Å². The zero-order valence-corrected chi connectivity index (χ0v) is 25.1. The molecule has 0 spiro atoms. The van der Waals surface area contributed by atoms with E-state index in [1.807, 2.05) is 6.92 Å². The van der Waals surface area contributed by atoms with Crippen molar-refractivity contribution >= 4 is 29.3 Å². The Morgan fingerprint density at radius 3 is 2.36 bits per heavy atom. The Balaban J connectivity index is 1.50. The summed E-state index contributed by atoms with van der Waals surface area (Å²) in [6.45, 7) is 3.64. The minimum Gasteiger partial charge on any atom is -0.487 e. The first kappa shape index (κ1) is 32.9. The Kier molecular flexibility index (Phi) is 10.6. The number of amides is 5. The maximum Gasteiger partial charge on any atom is 0.416 e. The second-order valence-corrected chi connectivity index (χ2v) is 11.7. The van der Waals surface area contributed by atoms with E-state index < -0.39 is 29.9 Å². The molecule has 2 aromatic rings. The minimum absolute atomic E-state index is 0.0897. The van der Waals surface area contributed by atoms with Crippen LogP contribution in [0.5, 0.6) is 5.75 Å². The molecule has 0 saturated heterocycles. The van der Waals surface area contributed by atoms with Crippen LogP contribution >= 0.6 is 0 Å². The van der Waals surface area contributed by atoms with Crippen LogP contribution in [-0.2, 0) is 6.18 Å². The summed E-state index contributed by atoms with van der Waals surface area (Å²) >= 11 is 0. The number of ether oxygens (including phenoxy) is 1. The van der Waals surface area contributed by atoms with Crippen molar-refractivity contribution < 1.29 is 37.4 Å². The highest BCUT2D eigenvalue weighted by molar-refractivity contribution is 5.99. The highest BCUT2D eigenvalue weighted by atomic mass is 19.4. The number of nitrogens with zero attached hydrogens (tertiary/aromatic N) is 2. The molecule has 0 unspecified atom stereocenters. The summed E-state index contributed by atoms with van der Waals surface area (Å²) in [4.78, 5) is 42.2. The molecular weight excluding hydrogens is 579 g/mol. The molecule has 240 valence electrons. The van der Waals surface area contributed by atoms with Crippen LogP contribution in [0.1, 0.15) is 61.9 Å². The number of hydrogen-bond donors (Lipinski definition) is 4. The minimum atomic E-state index is -4.48. The van der Waals surface area contributed by atoms with E-state index >= 15 is 0 Å². The number of halogens is 3. The fraction of sp³-hybridized carbons (Fsp3) is 0.516. The summed E-state index contributed by atoms with van der Waals surface area (Å²) in [6, 6.07) is 7.61. The summed E-state index contributed by atoms with van der Waals surface area (Å²) < 4.78 is 45.0. The third-order valence-electron chi connectivity index (χ3n) is 8.13. The number of likely N-dealkylation sites (N-methyl/N-ethyl adjacent to an activating group) is 1. The number of aliphatic hydroxyl groups is 1. The van der Waals surface area contributed by atoms with Crippen molar-refractivity contribution in [3.05, 3.63) is 53.6 Å². The monoisotopic (exact) mass is 619 g/mol. The zero-order chi connectivity index (χ0) is 32.0. The van der Waals surface area contributed by atoms with Gasteiger partial charge in [-0.1, -0.05) is 26.2 Å². The molecule has 0 bridgehead atoms. The topological polar surface area (TPSA) is 123 Å². The van der Waals surface area contributed by atoms with E-state index in [1.165, 1.54) is 24.1 Å². The molecule has 1 aliphatic carbocycles. The molecule has 4 N–H and O–H groups in total. The van der Waals surface area contributed by atoms with Crippen LogP contribution in [0.15, 0.2) is 42.5 Å². The lowest BCUT2D eigenvalue weighted by Gasteiger charge is -2.38. The quantitative estimate of drug-likeness (QED) is 0.324. The van der Waals surface area contributed by atoms with E-state index in [9.17, 15) is 32.7 Å². The number of rotatable bonds is 7. The predicted octanol–water partition coefficient (Wildman–Crippen LogP) is 5.54. The number of hydrogen-bond acceptors (Lipinski definition) is 5. The molecule has 0 aromatic heterocycles. The van der Waals surface area contributed by atoms with E-state index in [0.29, 0.717) is 5.69 Å². The molecule has 44 heavy (non-hydrogen) atoms. The molecule has 10 nitrogen and oxygen atoms in total. The zero-order valence-electron chi connectivity index (χ0n) is 25.1. The Labute approximate surface area is 254 Å². The van der Waals surface area contributed by atoms with Crippen molar-refractivity contribution in [1.82, 2.24) is 15.1 Å². The maximum atomic E-state index is 13.7. The van der Waals surface area contributed by atoms with Gasteiger partial charge >= 0.3 is 18.2 Å². The first-order valence-electron chi connectivity index (χ1n) is 14.8.